The molecule has 0 amide bonds. The molecule has 0 aliphatic carbocycles. The van der Waals surface area contributed by atoms with Crippen molar-refractivity contribution < 1.29 is 0 Å². The Morgan fingerprint density at radius 1 is 0.833 bits per heavy atom. The van der Waals surface area contributed by atoms with Gasteiger partial charge in [0.1, 0.15) is 4.38 Å². The van der Waals surface area contributed by atoms with Crippen molar-refractivity contribution in [1.29, 1.82) is 5.41 Å². The number of thioether (sulfide) groups is 2. The number of nitrogens with one attached hydrogen (secondary N) is 1. The maximum atomic E-state index is 7.73. The zero-order valence-electron chi connectivity index (χ0n) is 8.82. The Kier molecular flexibility index (Phi) is 4.18. The van der Waals surface area contributed by atoms with Crippen LogP contribution in [0.5, 0.6) is 0 Å². The van der Waals surface area contributed by atoms with Gasteiger partial charge in [0, 0.05) is 9.49 Å². The van der Waals surface area contributed by atoms with Gasteiger partial charge in [-0.3, -0.25) is 5.41 Å². The van der Waals surface area contributed by atoms with Gasteiger partial charge in [0.2, 0.25) is 0 Å². The van der Waals surface area contributed by atoms with Crippen molar-refractivity contribution in [1.82, 2.24) is 0 Å². The highest BCUT2D eigenvalue weighted by atomic mass is 32.2. The SMILES string of the molecule is CC(C)(C)SC(=N)SC(C)(C)C. The molecule has 12 heavy (non-hydrogen) atoms. The summed E-state index contributed by atoms with van der Waals surface area (Å²) < 4.78 is 1.04. The lowest BCUT2D eigenvalue weighted by Crippen LogP contribution is -2.15. The van der Waals surface area contributed by atoms with Crippen LogP contribution in [0.4, 0.5) is 0 Å². The molecule has 0 fully saturated rings. The first-order valence-corrected chi connectivity index (χ1v) is 5.70. The average Bonchev–Trinajstić information content (AvgIpc) is 1.49. The van der Waals surface area contributed by atoms with E-state index in [0.29, 0.717) is 0 Å². The van der Waals surface area contributed by atoms with Crippen LogP contribution in [0.1, 0.15) is 41.5 Å². The molecule has 0 unspecified atom stereocenters. The Labute approximate surface area is 84.6 Å². The molecule has 72 valence electrons. The van der Waals surface area contributed by atoms with E-state index in [1.54, 1.807) is 23.5 Å². The number of rotatable bonds is 0. The van der Waals surface area contributed by atoms with Crippen LogP contribution in [-0.4, -0.2) is 13.9 Å². The Morgan fingerprint density at radius 2 is 1.08 bits per heavy atom. The largest absolute Gasteiger partial charge is 0.288 e. The minimum absolute atomic E-state index is 0.162. The van der Waals surface area contributed by atoms with Gasteiger partial charge in [-0.25, -0.2) is 0 Å². The smallest absolute Gasteiger partial charge is 0.122 e. The lowest BCUT2D eigenvalue weighted by molar-refractivity contribution is 0.806. The minimum atomic E-state index is 0.162. The third-order valence-corrected chi connectivity index (χ3v) is 2.89. The fourth-order valence-corrected chi connectivity index (χ4v) is 3.36. The molecule has 0 spiro atoms. The second-order valence-electron chi connectivity index (χ2n) is 4.72. The Morgan fingerprint density at radius 3 is 1.25 bits per heavy atom. The van der Waals surface area contributed by atoms with E-state index in [1.165, 1.54) is 0 Å². The van der Waals surface area contributed by atoms with Crippen LogP contribution in [0.25, 0.3) is 0 Å². The van der Waals surface area contributed by atoms with Gasteiger partial charge in [0.05, 0.1) is 0 Å². The summed E-state index contributed by atoms with van der Waals surface area (Å²) >= 11 is 3.26. The van der Waals surface area contributed by atoms with E-state index in [-0.39, 0.29) is 9.49 Å². The molecule has 0 rings (SSSR count). The van der Waals surface area contributed by atoms with Gasteiger partial charge in [0.25, 0.3) is 0 Å². The van der Waals surface area contributed by atoms with Crippen molar-refractivity contribution in [3.05, 3.63) is 0 Å². The Balaban J connectivity index is 3.92. The highest BCUT2D eigenvalue weighted by Crippen LogP contribution is 2.34. The summed E-state index contributed by atoms with van der Waals surface area (Å²) in [6.07, 6.45) is 0. The van der Waals surface area contributed by atoms with Crippen molar-refractivity contribution in [3.63, 3.8) is 0 Å². The molecule has 0 bridgehead atoms. The summed E-state index contributed by atoms with van der Waals surface area (Å²) in [4.78, 5) is 0. The molecule has 0 aromatic rings. The standard InChI is InChI=1S/C9H19NS2/c1-8(2,3)11-7(10)12-9(4,5)6/h10H,1-6H3. The van der Waals surface area contributed by atoms with Crippen LogP contribution in [0.15, 0.2) is 0 Å². The van der Waals surface area contributed by atoms with Crippen LogP contribution in [0, 0.1) is 5.41 Å². The van der Waals surface area contributed by atoms with Crippen molar-refractivity contribution >= 4 is 27.9 Å². The van der Waals surface area contributed by atoms with E-state index >= 15 is 0 Å². The Bertz CT molecular complexity index is 144. The highest BCUT2D eigenvalue weighted by Gasteiger charge is 2.19. The first kappa shape index (κ1) is 12.4. The maximum Gasteiger partial charge on any atom is 0.122 e. The van der Waals surface area contributed by atoms with Gasteiger partial charge < -0.3 is 0 Å². The maximum absolute atomic E-state index is 7.73. The molecule has 0 aliphatic heterocycles. The molecule has 0 aromatic heterocycles. The molecular weight excluding hydrogens is 186 g/mol. The molecule has 1 nitrogen and oxygen atoms in total. The van der Waals surface area contributed by atoms with Gasteiger partial charge in [-0.15, -0.1) is 0 Å². The molecule has 3 heteroatoms. The molecule has 0 heterocycles. The normalized spacial score (nSPS) is 13.2. The van der Waals surface area contributed by atoms with Crippen LogP contribution in [-0.2, 0) is 0 Å². The van der Waals surface area contributed by atoms with Crippen LogP contribution in [0.3, 0.4) is 0 Å². The van der Waals surface area contributed by atoms with E-state index < -0.39 is 0 Å². The van der Waals surface area contributed by atoms with Crippen LogP contribution < -0.4 is 0 Å². The summed E-state index contributed by atoms with van der Waals surface area (Å²) in [7, 11) is 0. The number of hydrogen-bond acceptors (Lipinski definition) is 3. The van der Waals surface area contributed by atoms with Gasteiger partial charge in [-0.1, -0.05) is 65.1 Å². The number of hydrogen-bond donors (Lipinski definition) is 1. The topological polar surface area (TPSA) is 23.9 Å². The van der Waals surface area contributed by atoms with Gasteiger partial charge in [-0.2, -0.15) is 0 Å². The molecule has 0 atom stereocenters. The molecule has 0 saturated heterocycles. The van der Waals surface area contributed by atoms with Crippen molar-refractivity contribution in [2.75, 3.05) is 0 Å². The zero-order chi connectivity index (χ0) is 9.99. The summed E-state index contributed by atoms with van der Waals surface area (Å²) in [5.74, 6) is 0. The fourth-order valence-electron chi connectivity index (χ4n) is 0.577. The second kappa shape index (κ2) is 4.05. The van der Waals surface area contributed by atoms with E-state index in [4.69, 9.17) is 5.41 Å². The lowest BCUT2D eigenvalue weighted by atomic mass is 10.3. The van der Waals surface area contributed by atoms with E-state index in [0.717, 1.165) is 4.38 Å². The molecule has 0 radical (unpaired) electrons. The van der Waals surface area contributed by atoms with Crippen LogP contribution >= 0.6 is 23.5 Å². The predicted octanol–water partition coefficient (Wildman–Crippen LogP) is 3.98. The first-order chi connectivity index (χ1) is 5.10. The summed E-state index contributed by atoms with van der Waals surface area (Å²) in [5, 5.41) is 7.73. The third-order valence-electron chi connectivity index (χ3n) is 0.798. The summed E-state index contributed by atoms with van der Waals surface area (Å²) in [6.45, 7) is 12.8. The van der Waals surface area contributed by atoms with Crippen molar-refractivity contribution in [2.45, 2.75) is 51.0 Å². The zero-order valence-corrected chi connectivity index (χ0v) is 10.4. The van der Waals surface area contributed by atoms with Crippen LogP contribution in [0.2, 0.25) is 0 Å². The van der Waals surface area contributed by atoms with Crippen molar-refractivity contribution in [3.8, 4) is 0 Å². The first-order valence-electron chi connectivity index (χ1n) is 4.07. The Hall–Kier alpha value is 0.370. The molecule has 0 aliphatic rings. The van der Waals surface area contributed by atoms with E-state index in [1.807, 2.05) is 0 Å². The quantitative estimate of drug-likeness (QED) is 0.477. The molecule has 0 saturated carbocycles. The molecular formula is C9H19NS2. The predicted molar refractivity (Wildman–Crippen MR) is 62.4 cm³/mol. The monoisotopic (exact) mass is 205 g/mol. The summed E-state index contributed by atoms with van der Waals surface area (Å²) in [6, 6.07) is 0. The average molecular weight is 205 g/mol. The molecule has 0 aromatic carbocycles. The lowest BCUT2D eigenvalue weighted by Gasteiger charge is -2.22. The molecule has 1 N–H and O–H groups in total. The highest BCUT2D eigenvalue weighted by molar-refractivity contribution is 8.39. The fraction of sp³-hybridized carbons (Fsp3) is 0.889. The van der Waals surface area contributed by atoms with Gasteiger partial charge in [-0.05, 0) is 0 Å². The minimum Gasteiger partial charge on any atom is -0.288 e. The van der Waals surface area contributed by atoms with Crippen molar-refractivity contribution in [2.24, 2.45) is 0 Å². The van der Waals surface area contributed by atoms with Gasteiger partial charge >= 0.3 is 0 Å². The van der Waals surface area contributed by atoms with E-state index in [2.05, 4.69) is 41.5 Å². The van der Waals surface area contributed by atoms with E-state index in [9.17, 15) is 0 Å². The third kappa shape index (κ3) is 8.47. The second-order valence-corrected chi connectivity index (χ2v) is 8.65. The van der Waals surface area contributed by atoms with Gasteiger partial charge in [0.15, 0.2) is 0 Å². The summed E-state index contributed by atoms with van der Waals surface area (Å²) in [5.41, 5.74) is 0.